The Morgan fingerprint density at radius 1 is 1.69 bits per heavy atom. The van der Waals surface area contributed by atoms with Gasteiger partial charge in [-0.1, -0.05) is 0 Å². The molecule has 1 fully saturated rings. The molecule has 2 N–H and O–H groups in total. The highest BCUT2D eigenvalue weighted by Gasteiger charge is 2.38. The molecule has 2 atom stereocenters. The maximum absolute atomic E-state index is 12.1. The summed E-state index contributed by atoms with van der Waals surface area (Å²) in [6.45, 7) is 4.15. The fourth-order valence-electron chi connectivity index (χ4n) is 2.10. The summed E-state index contributed by atoms with van der Waals surface area (Å²) in [6, 6.07) is 0. The van der Waals surface area contributed by atoms with E-state index in [0.29, 0.717) is 6.54 Å². The molecule has 1 rings (SSSR count). The van der Waals surface area contributed by atoms with Gasteiger partial charge in [0.2, 0.25) is 5.91 Å². The van der Waals surface area contributed by atoms with Gasteiger partial charge in [-0.3, -0.25) is 4.79 Å². The van der Waals surface area contributed by atoms with Crippen LogP contribution in [0.5, 0.6) is 0 Å². The Kier molecular flexibility index (Phi) is 4.70. The molecule has 0 aromatic rings. The monoisotopic (exact) mass is 230 g/mol. The van der Waals surface area contributed by atoms with E-state index in [4.69, 9.17) is 4.74 Å². The van der Waals surface area contributed by atoms with Gasteiger partial charge in [0.1, 0.15) is 0 Å². The van der Waals surface area contributed by atoms with Crippen molar-refractivity contribution < 1.29 is 14.6 Å². The third kappa shape index (κ3) is 3.17. The van der Waals surface area contributed by atoms with E-state index >= 15 is 0 Å². The highest BCUT2D eigenvalue weighted by molar-refractivity contribution is 5.82. The number of rotatable bonds is 5. The first-order valence-corrected chi connectivity index (χ1v) is 5.63. The van der Waals surface area contributed by atoms with E-state index < -0.39 is 6.10 Å². The van der Waals surface area contributed by atoms with Crippen LogP contribution < -0.4 is 5.32 Å². The first-order valence-electron chi connectivity index (χ1n) is 5.63. The van der Waals surface area contributed by atoms with Gasteiger partial charge >= 0.3 is 0 Å². The Labute approximate surface area is 96.8 Å². The summed E-state index contributed by atoms with van der Waals surface area (Å²) < 4.78 is 4.83. The minimum atomic E-state index is -0.614. The second kappa shape index (κ2) is 5.61. The van der Waals surface area contributed by atoms with E-state index in [1.165, 1.54) is 7.11 Å². The molecule has 1 aliphatic rings. The summed E-state index contributed by atoms with van der Waals surface area (Å²) in [5.74, 6) is 0.0904. The Morgan fingerprint density at radius 2 is 2.38 bits per heavy atom. The zero-order valence-corrected chi connectivity index (χ0v) is 10.3. The quantitative estimate of drug-likeness (QED) is 0.665. The van der Waals surface area contributed by atoms with Crippen molar-refractivity contribution in [1.29, 1.82) is 0 Å². The van der Waals surface area contributed by atoms with Crippen molar-refractivity contribution in [2.75, 3.05) is 40.4 Å². The Balaban J connectivity index is 2.46. The number of ether oxygens (including phenoxy) is 1. The Hall–Kier alpha value is -0.650. The SMILES string of the molecule is COCC(O)CN(C)C(=O)C1(C)CCNC1. The molecule has 94 valence electrons. The molecule has 1 saturated heterocycles. The lowest BCUT2D eigenvalue weighted by molar-refractivity contribution is -0.140. The van der Waals surface area contributed by atoms with E-state index in [9.17, 15) is 9.90 Å². The predicted molar refractivity (Wildman–Crippen MR) is 61.1 cm³/mol. The lowest BCUT2D eigenvalue weighted by Gasteiger charge is -2.29. The van der Waals surface area contributed by atoms with Gasteiger partial charge in [0.15, 0.2) is 0 Å². The zero-order chi connectivity index (χ0) is 12.2. The number of methoxy groups -OCH3 is 1. The van der Waals surface area contributed by atoms with E-state index in [-0.39, 0.29) is 17.9 Å². The van der Waals surface area contributed by atoms with Crippen molar-refractivity contribution in [1.82, 2.24) is 10.2 Å². The van der Waals surface area contributed by atoms with Gasteiger partial charge in [-0.2, -0.15) is 0 Å². The smallest absolute Gasteiger partial charge is 0.229 e. The number of carbonyl (C=O) groups excluding carboxylic acids is 1. The van der Waals surface area contributed by atoms with Crippen molar-refractivity contribution in [2.45, 2.75) is 19.4 Å². The Morgan fingerprint density at radius 3 is 2.88 bits per heavy atom. The maximum atomic E-state index is 12.1. The summed E-state index contributed by atoms with van der Waals surface area (Å²) in [5, 5.41) is 12.8. The average molecular weight is 230 g/mol. The van der Waals surface area contributed by atoms with Gasteiger partial charge in [0.25, 0.3) is 0 Å². The lowest BCUT2D eigenvalue weighted by atomic mass is 9.88. The standard InChI is InChI=1S/C11H22N2O3/c1-11(4-5-12-8-11)10(15)13(2)6-9(14)7-16-3/h9,12,14H,4-8H2,1-3H3. The van der Waals surface area contributed by atoms with Crippen LogP contribution in [-0.2, 0) is 9.53 Å². The van der Waals surface area contributed by atoms with Crippen LogP contribution in [0.1, 0.15) is 13.3 Å². The molecule has 0 aliphatic carbocycles. The number of carbonyl (C=O) groups is 1. The van der Waals surface area contributed by atoms with Gasteiger partial charge in [-0.05, 0) is 19.9 Å². The molecule has 1 aliphatic heterocycles. The van der Waals surface area contributed by atoms with Crippen LogP contribution in [0.2, 0.25) is 0 Å². The van der Waals surface area contributed by atoms with Crippen LogP contribution in [0.4, 0.5) is 0 Å². The molecule has 5 nitrogen and oxygen atoms in total. The normalized spacial score (nSPS) is 26.8. The number of likely N-dealkylation sites (N-methyl/N-ethyl adjacent to an activating group) is 1. The molecule has 0 aromatic carbocycles. The van der Waals surface area contributed by atoms with Crippen LogP contribution in [0, 0.1) is 5.41 Å². The summed E-state index contributed by atoms with van der Waals surface area (Å²) in [6.07, 6.45) is 0.244. The van der Waals surface area contributed by atoms with Crippen LogP contribution in [-0.4, -0.2) is 62.4 Å². The molecule has 1 heterocycles. The summed E-state index contributed by atoms with van der Waals surface area (Å²) in [7, 11) is 3.26. The number of hydrogen-bond acceptors (Lipinski definition) is 4. The highest BCUT2D eigenvalue weighted by atomic mass is 16.5. The molecule has 5 heteroatoms. The molecular formula is C11H22N2O3. The number of nitrogens with one attached hydrogen (secondary N) is 1. The largest absolute Gasteiger partial charge is 0.389 e. The maximum Gasteiger partial charge on any atom is 0.229 e. The topological polar surface area (TPSA) is 61.8 Å². The molecular weight excluding hydrogens is 208 g/mol. The number of aliphatic hydroxyl groups excluding tert-OH is 1. The molecule has 0 aromatic heterocycles. The number of nitrogens with zero attached hydrogens (tertiary/aromatic N) is 1. The molecule has 0 radical (unpaired) electrons. The average Bonchev–Trinajstić information content (AvgIpc) is 2.65. The van der Waals surface area contributed by atoms with E-state index in [2.05, 4.69) is 5.32 Å². The van der Waals surface area contributed by atoms with Crippen LogP contribution in [0.25, 0.3) is 0 Å². The molecule has 16 heavy (non-hydrogen) atoms. The highest BCUT2D eigenvalue weighted by Crippen LogP contribution is 2.26. The third-order valence-corrected chi connectivity index (χ3v) is 3.08. The third-order valence-electron chi connectivity index (χ3n) is 3.08. The minimum absolute atomic E-state index is 0.0904. The van der Waals surface area contributed by atoms with Crippen molar-refractivity contribution in [3.8, 4) is 0 Å². The summed E-state index contributed by atoms with van der Waals surface area (Å²) in [4.78, 5) is 13.7. The van der Waals surface area contributed by atoms with E-state index in [1.54, 1.807) is 11.9 Å². The van der Waals surface area contributed by atoms with Gasteiger partial charge in [-0.15, -0.1) is 0 Å². The first-order chi connectivity index (χ1) is 7.49. The van der Waals surface area contributed by atoms with Crippen molar-refractivity contribution in [2.24, 2.45) is 5.41 Å². The predicted octanol–water partition coefficient (Wildman–Crippen LogP) is -0.548. The second-order valence-electron chi connectivity index (χ2n) is 4.78. The van der Waals surface area contributed by atoms with Gasteiger partial charge in [0, 0.05) is 27.2 Å². The second-order valence-corrected chi connectivity index (χ2v) is 4.78. The van der Waals surface area contributed by atoms with Gasteiger partial charge in [0.05, 0.1) is 18.1 Å². The van der Waals surface area contributed by atoms with Crippen LogP contribution >= 0.6 is 0 Å². The van der Waals surface area contributed by atoms with Crippen molar-refractivity contribution in [3.05, 3.63) is 0 Å². The van der Waals surface area contributed by atoms with E-state index in [0.717, 1.165) is 19.5 Å². The molecule has 0 saturated carbocycles. The molecule has 2 unspecified atom stereocenters. The number of amides is 1. The molecule has 0 spiro atoms. The number of hydrogen-bond donors (Lipinski definition) is 2. The summed E-state index contributed by atoms with van der Waals surface area (Å²) in [5.41, 5.74) is -0.318. The molecule has 1 amide bonds. The van der Waals surface area contributed by atoms with Crippen molar-refractivity contribution in [3.63, 3.8) is 0 Å². The Bertz CT molecular complexity index is 239. The number of aliphatic hydroxyl groups is 1. The fraction of sp³-hybridized carbons (Fsp3) is 0.909. The van der Waals surface area contributed by atoms with E-state index in [1.807, 2.05) is 6.92 Å². The zero-order valence-electron chi connectivity index (χ0n) is 10.3. The van der Waals surface area contributed by atoms with Gasteiger partial charge in [-0.25, -0.2) is 0 Å². The minimum Gasteiger partial charge on any atom is -0.389 e. The van der Waals surface area contributed by atoms with Gasteiger partial charge < -0.3 is 20.1 Å². The lowest BCUT2D eigenvalue weighted by Crippen LogP contribution is -2.45. The molecule has 0 bridgehead atoms. The first kappa shape index (κ1) is 13.4. The fourth-order valence-corrected chi connectivity index (χ4v) is 2.10. The van der Waals surface area contributed by atoms with Crippen molar-refractivity contribution >= 4 is 5.91 Å². The van der Waals surface area contributed by atoms with Crippen LogP contribution in [0.3, 0.4) is 0 Å². The summed E-state index contributed by atoms with van der Waals surface area (Å²) >= 11 is 0. The van der Waals surface area contributed by atoms with Crippen LogP contribution in [0.15, 0.2) is 0 Å².